The van der Waals surface area contributed by atoms with E-state index in [0.717, 1.165) is 18.6 Å². The van der Waals surface area contributed by atoms with Crippen LogP contribution < -0.4 is 5.32 Å². The van der Waals surface area contributed by atoms with Gasteiger partial charge >= 0.3 is 0 Å². The van der Waals surface area contributed by atoms with Crippen molar-refractivity contribution in [1.29, 1.82) is 0 Å². The Balaban J connectivity index is 1.83. The lowest BCUT2D eigenvalue weighted by molar-refractivity contribution is 0.323. The zero-order valence-electron chi connectivity index (χ0n) is 10.8. The zero-order valence-corrected chi connectivity index (χ0v) is 10.8. The molecule has 1 fully saturated rings. The van der Waals surface area contributed by atoms with E-state index < -0.39 is 0 Å². The zero-order chi connectivity index (χ0) is 12.4. The molecule has 0 spiro atoms. The van der Waals surface area contributed by atoms with Gasteiger partial charge in [0.25, 0.3) is 0 Å². The van der Waals surface area contributed by atoms with Gasteiger partial charge in [-0.3, -0.25) is 9.88 Å². The summed E-state index contributed by atoms with van der Waals surface area (Å²) in [6.45, 7) is 3.36. The van der Waals surface area contributed by atoms with Gasteiger partial charge in [-0.05, 0) is 31.2 Å². The van der Waals surface area contributed by atoms with Crippen LogP contribution in [0.5, 0.6) is 0 Å². The van der Waals surface area contributed by atoms with E-state index in [1.807, 2.05) is 12.3 Å². The molecule has 1 aliphatic heterocycles. The second-order valence-corrected chi connectivity index (χ2v) is 5.00. The molecule has 3 rings (SSSR count). The predicted molar refractivity (Wildman–Crippen MR) is 74.5 cm³/mol. The maximum absolute atomic E-state index is 4.42. The summed E-state index contributed by atoms with van der Waals surface area (Å²) in [5.41, 5.74) is 2.48. The Bertz CT molecular complexity index is 533. The average Bonchev–Trinajstić information content (AvgIpc) is 2.87. The Morgan fingerprint density at radius 3 is 3.06 bits per heavy atom. The normalized spacial score (nSPS) is 20.6. The fraction of sp³-hybridized carbons (Fsp3) is 0.400. The largest absolute Gasteiger partial charge is 0.316 e. The molecule has 0 aliphatic carbocycles. The summed E-state index contributed by atoms with van der Waals surface area (Å²) in [6.07, 6.45) is 3.17. The van der Waals surface area contributed by atoms with Gasteiger partial charge in [-0.2, -0.15) is 0 Å². The molecule has 1 aliphatic rings. The highest BCUT2D eigenvalue weighted by atomic mass is 15.2. The maximum atomic E-state index is 4.42. The molecule has 1 saturated heterocycles. The van der Waals surface area contributed by atoms with Gasteiger partial charge in [0.1, 0.15) is 0 Å². The summed E-state index contributed by atoms with van der Waals surface area (Å²) in [5, 5.41) is 4.65. The highest BCUT2D eigenvalue weighted by Gasteiger charge is 2.21. The SMILES string of the molecule is CNC1CCN(Cc2ccnc3ccccc23)C1. The Morgan fingerprint density at radius 1 is 1.33 bits per heavy atom. The van der Waals surface area contributed by atoms with Crippen molar-refractivity contribution in [2.75, 3.05) is 20.1 Å². The van der Waals surface area contributed by atoms with Gasteiger partial charge in [-0.25, -0.2) is 0 Å². The Morgan fingerprint density at radius 2 is 2.22 bits per heavy atom. The van der Waals surface area contributed by atoms with Gasteiger partial charge in [0.2, 0.25) is 0 Å². The second kappa shape index (κ2) is 5.04. The number of fused-ring (bicyclic) bond motifs is 1. The van der Waals surface area contributed by atoms with Crippen molar-refractivity contribution in [1.82, 2.24) is 15.2 Å². The fourth-order valence-electron chi connectivity index (χ4n) is 2.75. The standard InChI is InChI=1S/C15H19N3/c1-16-13-7-9-18(11-13)10-12-6-8-17-15-5-3-2-4-14(12)15/h2-6,8,13,16H,7,9-11H2,1H3. The number of hydrogen-bond acceptors (Lipinski definition) is 3. The van der Waals surface area contributed by atoms with E-state index in [4.69, 9.17) is 0 Å². The molecule has 1 N–H and O–H groups in total. The average molecular weight is 241 g/mol. The van der Waals surface area contributed by atoms with Crippen LogP contribution in [0.2, 0.25) is 0 Å². The van der Waals surface area contributed by atoms with E-state index in [1.165, 1.54) is 23.9 Å². The Labute approximate surface area is 108 Å². The molecule has 94 valence electrons. The van der Waals surface area contributed by atoms with Crippen LogP contribution in [-0.2, 0) is 6.54 Å². The number of pyridine rings is 1. The molecule has 1 aromatic heterocycles. The van der Waals surface area contributed by atoms with Crippen LogP contribution in [0.4, 0.5) is 0 Å². The smallest absolute Gasteiger partial charge is 0.0705 e. The molecule has 1 aromatic carbocycles. The van der Waals surface area contributed by atoms with Crippen molar-refractivity contribution in [2.45, 2.75) is 19.0 Å². The van der Waals surface area contributed by atoms with E-state index >= 15 is 0 Å². The van der Waals surface area contributed by atoms with E-state index in [0.29, 0.717) is 6.04 Å². The molecule has 3 nitrogen and oxygen atoms in total. The molecule has 0 radical (unpaired) electrons. The highest BCUT2D eigenvalue weighted by Crippen LogP contribution is 2.20. The second-order valence-electron chi connectivity index (χ2n) is 5.00. The number of nitrogens with one attached hydrogen (secondary N) is 1. The molecule has 18 heavy (non-hydrogen) atoms. The Kier molecular flexibility index (Phi) is 3.26. The number of likely N-dealkylation sites (N-methyl/N-ethyl adjacent to an activating group) is 1. The first-order chi connectivity index (χ1) is 8.86. The predicted octanol–water partition coefficient (Wildman–Crippen LogP) is 2.03. The van der Waals surface area contributed by atoms with Crippen LogP contribution >= 0.6 is 0 Å². The molecule has 0 amide bonds. The van der Waals surface area contributed by atoms with E-state index in [-0.39, 0.29) is 0 Å². The number of aromatic nitrogens is 1. The van der Waals surface area contributed by atoms with Crippen molar-refractivity contribution in [3.63, 3.8) is 0 Å². The van der Waals surface area contributed by atoms with Crippen LogP contribution in [-0.4, -0.2) is 36.1 Å². The van der Waals surface area contributed by atoms with Crippen LogP contribution in [0.3, 0.4) is 0 Å². The lowest BCUT2D eigenvalue weighted by atomic mass is 10.1. The van der Waals surface area contributed by atoms with Crippen LogP contribution in [0.15, 0.2) is 36.5 Å². The lowest BCUT2D eigenvalue weighted by Gasteiger charge is -2.17. The van der Waals surface area contributed by atoms with Gasteiger partial charge < -0.3 is 5.32 Å². The van der Waals surface area contributed by atoms with Gasteiger partial charge in [-0.15, -0.1) is 0 Å². The summed E-state index contributed by atoms with van der Waals surface area (Å²) in [4.78, 5) is 6.93. The summed E-state index contributed by atoms with van der Waals surface area (Å²) >= 11 is 0. The molecule has 2 aromatic rings. The third-order valence-corrected chi connectivity index (χ3v) is 3.81. The molecular weight excluding hydrogens is 222 g/mol. The molecule has 3 heteroatoms. The highest BCUT2D eigenvalue weighted by molar-refractivity contribution is 5.81. The molecule has 2 heterocycles. The summed E-state index contributed by atoms with van der Waals surface area (Å²) < 4.78 is 0. The van der Waals surface area contributed by atoms with Crippen molar-refractivity contribution >= 4 is 10.9 Å². The van der Waals surface area contributed by atoms with Crippen molar-refractivity contribution in [3.05, 3.63) is 42.1 Å². The summed E-state index contributed by atoms with van der Waals surface area (Å²) in [7, 11) is 2.05. The molecule has 1 unspecified atom stereocenters. The van der Waals surface area contributed by atoms with Crippen molar-refractivity contribution < 1.29 is 0 Å². The number of hydrogen-bond donors (Lipinski definition) is 1. The first kappa shape index (κ1) is 11.6. The minimum absolute atomic E-state index is 0.651. The topological polar surface area (TPSA) is 28.2 Å². The summed E-state index contributed by atoms with van der Waals surface area (Å²) in [5.74, 6) is 0. The van der Waals surface area contributed by atoms with Gasteiger partial charge in [0, 0.05) is 37.3 Å². The number of benzene rings is 1. The van der Waals surface area contributed by atoms with Gasteiger partial charge in [0.15, 0.2) is 0 Å². The van der Waals surface area contributed by atoms with E-state index in [9.17, 15) is 0 Å². The lowest BCUT2D eigenvalue weighted by Crippen LogP contribution is -2.29. The van der Waals surface area contributed by atoms with Gasteiger partial charge in [0.05, 0.1) is 5.52 Å². The minimum Gasteiger partial charge on any atom is -0.316 e. The molecule has 0 bridgehead atoms. The van der Waals surface area contributed by atoms with Gasteiger partial charge in [-0.1, -0.05) is 18.2 Å². The number of nitrogens with zero attached hydrogens (tertiary/aromatic N) is 2. The van der Waals surface area contributed by atoms with Crippen LogP contribution in [0.1, 0.15) is 12.0 Å². The van der Waals surface area contributed by atoms with Crippen LogP contribution in [0.25, 0.3) is 10.9 Å². The number of likely N-dealkylation sites (tertiary alicyclic amines) is 1. The van der Waals surface area contributed by atoms with Crippen molar-refractivity contribution in [2.24, 2.45) is 0 Å². The maximum Gasteiger partial charge on any atom is 0.0705 e. The number of rotatable bonds is 3. The minimum atomic E-state index is 0.651. The van der Waals surface area contributed by atoms with Crippen molar-refractivity contribution in [3.8, 4) is 0 Å². The first-order valence-corrected chi connectivity index (χ1v) is 6.59. The van der Waals surface area contributed by atoms with E-state index in [1.54, 1.807) is 0 Å². The summed E-state index contributed by atoms with van der Waals surface area (Å²) in [6, 6.07) is 11.2. The number of para-hydroxylation sites is 1. The molecule has 0 saturated carbocycles. The Hall–Kier alpha value is -1.45. The third kappa shape index (κ3) is 2.24. The molecule has 1 atom stereocenters. The molecular formula is C15H19N3. The fourth-order valence-corrected chi connectivity index (χ4v) is 2.75. The van der Waals surface area contributed by atoms with E-state index in [2.05, 4.69) is 46.5 Å². The third-order valence-electron chi connectivity index (χ3n) is 3.81. The quantitative estimate of drug-likeness (QED) is 0.891. The monoisotopic (exact) mass is 241 g/mol. The van der Waals surface area contributed by atoms with Crippen LogP contribution in [0, 0.1) is 0 Å². The first-order valence-electron chi connectivity index (χ1n) is 6.59.